The van der Waals surface area contributed by atoms with Crippen LogP contribution >= 0.6 is 7.82 Å². The molecule has 0 spiro atoms. The summed E-state index contributed by atoms with van der Waals surface area (Å²) >= 11 is 0. The summed E-state index contributed by atoms with van der Waals surface area (Å²) < 4.78 is 33.1. The number of hydrogen-bond acceptors (Lipinski definition) is 8. The summed E-state index contributed by atoms with van der Waals surface area (Å²) in [6.45, 7) is 3.68. The molecule has 2 atom stereocenters. The maximum absolute atomic E-state index is 12.7. The Morgan fingerprint density at radius 3 is 1.04 bits per heavy atom. The van der Waals surface area contributed by atoms with Crippen molar-refractivity contribution in [2.45, 2.75) is 341 Å². The van der Waals surface area contributed by atoms with Crippen molar-refractivity contribution < 1.29 is 37.6 Å². The third-order valence-corrected chi connectivity index (χ3v) is 15.9. The lowest BCUT2D eigenvalue weighted by molar-refractivity contribution is -0.161. The van der Waals surface area contributed by atoms with E-state index in [0.29, 0.717) is 6.42 Å². The van der Waals surface area contributed by atoms with Crippen LogP contribution in [-0.4, -0.2) is 49.3 Å². The van der Waals surface area contributed by atoms with E-state index in [-0.39, 0.29) is 38.6 Å². The fourth-order valence-electron chi connectivity index (χ4n) is 9.96. The molecule has 9 nitrogen and oxygen atoms in total. The first-order valence-corrected chi connectivity index (χ1v) is 35.3. The second-order valence-corrected chi connectivity index (χ2v) is 24.1. The minimum atomic E-state index is -4.39. The number of rotatable bonds is 64. The number of phosphoric acid groups is 1. The average Bonchev–Trinajstić information content (AvgIpc) is 3.44. The summed E-state index contributed by atoms with van der Waals surface area (Å²) in [5.41, 5.74) is 5.40. The van der Waals surface area contributed by atoms with Gasteiger partial charge in [0.05, 0.1) is 13.2 Å². The van der Waals surface area contributed by atoms with Crippen LogP contribution < -0.4 is 5.73 Å². The fourth-order valence-corrected chi connectivity index (χ4v) is 10.7. The number of phosphoric ester groups is 1. The van der Waals surface area contributed by atoms with Crippen molar-refractivity contribution >= 4 is 19.8 Å². The maximum Gasteiger partial charge on any atom is 0.472 e. The van der Waals surface area contributed by atoms with Crippen molar-refractivity contribution in [3.05, 3.63) is 60.8 Å². The van der Waals surface area contributed by atoms with Gasteiger partial charge in [0.15, 0.2) is 6.10 Å². The SMILES string of the molecule is CC/C=C\C/C=C\C/C=C\C/C=C\C/C=C\CCCCCCCCCCCC(=O)OC(COC(=O)CCCCCCCCCCCCCCCCCCCCCCCCCCCCCCCCCCC)COP(=O)(O)OCCN. The lowest BCUT2D eigenvalue weighted by Crippen LogP contribution is -2.29. The number of nitrogens with two attached hydrogens (primary N) is 1. The summed E-state index contributed by atoms with van der Waals surface area (Å²) in [4.78, 5) is 35.3. The molecular formula is C69H128NO8P. The molecule has 0 saturated heterocycles. The van der Waals surface area contributed by atoms with Crippen molar-refractivity contribution in [1.29, 1.82) is 0 Å². The van der Waals surface area contributed by atoms with E-state index in [9.17, 15) is 19.0 Å². The van der Waals surface area contributed by atoms with Gasteiger partial charge in [0.2, 0.25) is 0 Å². The number of esters is 2. The van der Waals surface area contributed by atoms with Gasteiger partial charge in [-0.3, -0.25) is 18.6 Å². The van der Waals surface area contributed by atoms with Crippen molar-refractivity contribution in [2.75, 3.05) is 26.4 Å². The molecule has 0 aliphatic carbocycles. The third kappa shape index (κ3) is 64.7. The smallest absolute Gasteiger partial charge is 0.462 e. The van der Waals surface area contributed by atoms with E-state index >= 15 is 0 Å². The van der Waals surface area contributed by atoms with Gasteiger partial charge in [-0.1, -0.05) is 325 Å². The minimum absolute atomic E-state index is 0.0517. The fraction of sp³-hybridized carbons (Fsp3) is 0.826. The van der Waals surface area contributed by atoms with Crippen molar-refractivity contribution in [3.63, 3.8) is 0 Å². The molecule has 0 aliphatic rings. The normalized spacial score (nSPS) is 13.3. The molecule has 0 aromatic rings. The minimum Gasteiger partial charge on any atom is -0.462 e. The molecule has 0 aliphatic heterocycles. The Morgan fingerprint density at radius 1 is 0.392 bits per heavy atom. The summed E-state index contributed by atoms with van der Waals surface area (Å²) in [5, 5.41) is 0. The van der Waals surface area contributed by atoms with Crippen LogP contribution in [0.25, 0.3) is 0 Å². The number of allylic oxidation sites excluding steroid dienone is 10. The van der Waals surface area contributed by atoms with E-state index in [0.717, 1.165) is 77.0 Å². The number of carbonyl (C=O) groups excluding carboxylic acids is 2. The lowest BCUT2D eigenvalue weighted by atomic mass is 10.0. The molecule has 0 saturated carbocycles. The van der Waals surface area contributed by atoms with E-state index in [4.69, 9.17) is 24.3 Å². The number of carbonyl (C=O) groups is 2. The van der Waals surface area contributed by atoms with Crippen LogP contribution in [-0.2, 0) is 32.7 Å². The van der Waals surface area contributed by atoms with E-state index in [1.165, 1.54) is 225 Å². The Labute approximate surface area is 489 Å². The van der Waals surface area contributed by atoms with E-state index in [1.807, 2.05) is 0 Å². The van der Waals surface area contributed by atoms with E-state index in [2.05, 4.69) is 74.6 Å². The zero-order valence-corrected chi connectivity index (χ0v) is 52.8. The molecule has 0 amide bonds. The molecule has 0 aromatic carbocycles. The van der Waals surface area contributed by atoms with Gasteiger partial charge in [-0.05, 0) is 57.8 Å². The highest BCUT2D eigenvalue weighted by Gasteiger charge is 2.26. The topological polar surface area (TPSA) is 134 Å². The van der Waals surface area contributed by atoms with Crippen LogP contribution in [0.3, 0.4) is 0 Å². The first-order chi connectivity index (χ1) is 38.8. The van der Waals surface area contributed by atoms with E-state index in [1.54, 1.807) is 0 Å². The zero-order chi connectivity index (χ0) is 57.3. The highest BCUT2D eigenvalue weighted by atomic mass is 31.2. The number of ether oxygens (including phenoxy) is 2. The molecule has 2 unspecified atom stereocenters. The van der Waals surface area contributed by atoms with Crippen molar-refractivity contribution in [1.82, 2.24) is 0 Å². The van der Waals surface area contributed by atoms with Gasteiger partial charge in [-0.2, -0.15) is 0 Å². The largest absolute Gasteiger partial charge is 0.472 e. The van der Waals surface area contributed by atoms with Gasteiger partial charge in [-0.15, -0.1) is 0 Å². The zero-order valence-electron chi connectivity index (χ0n) is 51.9. The third-order valence-electron chi connectivity index (χ3n) is 14.9. The quantitative estimate of drug-likeness (QED) is 0.0264. The van der Waals surface area contributed by atoms with Gasteiger partial charge in [-0.25, -0.2) is 4.57 Å². The standard InChI is InChI=1S/C69H128NO8P/c1-3-5-7-9-11-13-15-17-19-21-23-25-27-29-30-31-32-33-34-35-36-38-39-41-43-45-47-49-51-53-55-57-59-61-68(71)75-65-67(66-77-79(73,74)76-64-63-70)78-69(72)62-60-58-56-54-52-50-48-46-44-42-40-37-28-26-24-22-20-18-16-14-12-10-8-6-4-2/h6,8,12,14,18,20,24,26,37,40,67H,3-5,7,9-11,13,15-17,19,21-23,25,27-36,38-39,41-66,70H2,1-2H3,(H,73,74)/b8-6-,14-12-,20-18-,26-24-,40-37-. The molecular weight excluding hydrogens is 1000 g/mol. The van der Waals surface area contributed by atoms with E-state index < -0.39 is 26.5 Å². The highest BCUT2D eigenvalue weighted by Crippen LogP contribution is 2.43. The predicted octanol–water partition coefficient (Wildman–Crippen LogP) is 21.9. The van der Waals surface area contributed by atoms with Gasteiger partial charge < -0.3 is 20.1 Å². The van der Waals surface area contributed by atoms with Crippen LogP contribution in [0.1, 0.15) is 335 Å². The van der Waals surface area contributed by atoms with Crippen LogP contribution in [0, 0.1) is 0 Å². The van der Waals surface area contributed by atoms with Crippen LogP contribution in [0.4, 0.5) is 0 Å². The second kappa shape index (κ2) is 64.9. The molecule has 462 valence electrons. The van der Waals surface area contributed by atoms with Crippen LogP contribution in [0.2, 0.25) is 0 Å². The summed E-state index contributed by atoms with van der Waals surface area (Å²) in [7, 11) is -4.39. The lowest BCUT2D eigenvalue weighted by Gasteiger charge is -2.19. The summed E-state index contributed by atoms with van der Waals surface area (Å²) in [6, 6.07) is 0. The van der Waals surface area contributed by atoms with Crippen molar-refractivity contribution in [3.8, 4) is 0 Å². The molecule has 0 fully saturated rings. The van der Waals surface area contributed by atoms with Gasteiger partial charge in [0.1, 0.15) is 6.61 Å². The molecule has 10 heteroatoms. The highest BCUT2D eigenvalue weighted by molar-refractivity contribution is 7.47. The molecule has 3 N–H and O–H groups in total. The number of unbranched alkanes of at least 4 members (excludes halogenated alkanes) is 41. The van der Waals surface area contributed by atoms with Gasteiger partial charge in [0.25, 0.3) is 0 Å². The Bertz CT molecular complexity index is 1480. The van der Waals surface area contributed by atoms with Gasteiger partial charge in [0, 0.05) is 19.4 Å². The molecule has 0 bridgehead atoms. The Hall–Kier alpha value is -2.29. The Kier molecular flexibility index (Phi) is 63.0. The molecule has 79 heavy (non-hydrogen) atoms. The monoisotopic (exact) mass is 1130 g/mol. The van der Waals surface area contributed by atoms with Crippen LogP contribution in [0.5, 0.6) is 0 Å². The van der Waals surface area contributed by atoms with Crippen molar-refractivity contribution in [2.24, 2.45) is 5.73 Å². The molecule has 0 radical (unpaired) electrons. The maximum atomic E-state index is 12.7. The van der Waals surface area contributed by atoms with Crippen LogP contribution in [0.15, 0.2) is 60.8 Å². The molecule has 0 rings (SSSR count). The molecule has 0 heterocycles. The molecule has 0 aromatic heterocycles. The summed E-state index contributed by atoms with van der Waals surface area (Å²) in [5.74, 6) is -0.821. The summed E-state index contributed by atoms with van der Waals surface area (Å²) in [6.07, 6.45) is 83.2. The Balaban J connectivity index is 3.85. The second-order valence-electron chi connectivity index (χ2n) is 22.7. The number of hydrogen-bond donors (Lipinski definition) is 2. The first-order valence-electron chi connectivity index (χ1n) is 33.8. The Morgan fingerprint density at radius 2 is 0.696 bits per heavy atom. The van der Waals surface area contributed by atoms with Gasteiger partial charge >= 0.3 is 19.8 Å². The average molecular weight is 1130 g/mol. The first kappa shape index (κ1) is 76.7. The predicted molar refractivity (Wildman–Crippen MR) is 340 cm³/mol.